The van der Waals surface area contributed by atoms with Crippen LogP contribution in [0.4, 0.5) is 4.79 Å². The van der Waals surface area contributed by atoms with Crippen LogP contribution in [0.25, 0.3) is 0 Å². The van der Waals surface area contributed by atoms with E-state index in [9.17, 15) is 9.59 Å². The number of rotatable bonds is 1. The molecule has 17 heavy (non-hydrogen) atoms. The lowest BCUT2D eigenvalue weighted by atomic mass is 9.65. The Morgan fingerprint density at radius 2 is 1.53 bits per heavy atom. The monoisotopic (exact) mass is 241 g/mol. The van der Waals surface area contributed by atoms with E-state index in [1.165, 1.54) is 4.90 Å². The van der Waals surface area contributed by atoms with Gasteiger partial charge in [0.25, 0.3) is 0 Å². The minimum absolute atomic E-state index is 0.182. The molecule has 1 saturated heterocycles. The predicted molar refractivity (Wildman–Crippen MR) is 60.9 cm³/mol. The van der Waals surface area contributed by atoms with Crippen LogP contribution < -0.4 is 0 Å². The summed E-state index contributed by atoms with van der Waals surface area (Å²) in [6.07, 6.45) is 4.34. The fourth-order valence-corrected chi connectivity index (χ4v) is 3.15. The van der Waals surface area contributed by atoms with Gasteiger partial charge >= 0.3 is 12.1 Å². The van der Waals surface area contributed by atoms with Crippen LogP contribution in [-0.4, -0.2) is 40.3 Å². The van der Waals surface area contributed by atoms with Crippen LogP contribution in [-0.2, 0) is 4.79 Å². The van der Waals surface area contributed by atoms with E-state index in [2.05, 4.69) is 0 Å². The van der Waals surface area contributed by atoms with Gasteiger partial charge in [-0.15, -0.1) is 0 Å². The summed E-state index contributed by atoms with van der Waals surface area (Å²) in [7, 11) is 0. The lowest BCUT2D eigenvalue weighted by Gasteiger charge is -2.44. The number of carboxylic acids is 1. The smallest absolute Gasteiger partial charge is 0.407 e. The van der Waals surface area contributed by atoms with Crippen LogP contribution in [0.5, 0.6) is 0 Å². The lowest BCUT2D eigenvalue weighted by molar-refractivity contribution is -0.143. The van der Waals surface area contributed by atoms with Crippen molar-refractivity contribution < 1.29 is 19.8 Å². The van der Waals surface area contributed by atoms with Crippen molar-refractivity contribution in [1.82, 2.24) is 4.90 Å². The zero-order chi connectivity index (χ0) is 12.5. The lowest BCUT2D eigenvalue weighted by Crippen LogP contribution is -2.44. The van der Waals surface area contributed by atoms with E-state index in [1.54, 1.807) is 0 Å². The van der Waals surface area contributed by atoms with Crippen LogP contribution in [0.1, 0.15) is 38.5 Å². The normalized spacial score (nSPS) is 24.8. The second-order valence-corrected chi connectivity index (χ2v) is 5.38. The van der Waals surface area contributed by atoms with Crippen LogP contribution in [0.2, 0.25) is 0 Å². The molecular formula is C12H19NO4. The number of nitrogens with zero attached hydrogens (tertiary/aromatic N) is 1. The van der Waals surface area contributed by atoms with Gasteiger partial charge in [-0.3, -0.25) is 4.79 Å². The van der Waals surface area contributed by atoms with Gasteiger partial charge in [0, 0.05) is 13.1 Å². The fourth-order valence-electron chi connectivity index (χ4n) is 3.15. The highest BCUT2D eigenvalue weighted by Gasteiger charge is 2.40. The molecule has 0 aromatic carbocycles. The van der Waals surface area contributed by atoms with Crippen molar-refractivity contribution in [3.8, 4) is 0 Å². The maximum absolute atomic E-state index is 10.9. The molecule has 1 aliphatic heterocycles. The van der Waals surface area contributed by atoms with Gasteiger partial charge in [-0.1, -0.05) is 0 Å². The molecule has 0 radical (unpaired) electrons. The minimum Gasteiger partial charge on any atom is -0.481 e. The molecule has 1 saturated carbocycles. The molecule has 0 atom stereocenters. The molecule has 1 aliphatic carbocycles. The first-order valence-electron chi connectivity index (χ1n) is 6.23. The molecule has 2 rings (SSSR count). The summed E-state index contributed by atoms with van der Waals surface area (Å²) < 4.78 is 0. The molecule has 0 unspecified atom stereocenters. The molecule has 0 bridgehead atoms. The Morgan fingerprint density at radius 3 is 1.94 bits per heavy atom. The number of aliphatic carboxylic acids is 1. The second kappa shape index (κ2) is 4.55. The number of carbonyl (C=O) groups is 2. The van der Waals surface area contributed by atoms with Crippen LogP contribution >= 0.6 is 0 Å². The van der Waals surface area contributed by atoms with E-state index in [0.29, 0.717) is 13.1 Å². The summed E-state index contributed by atoms with van der Waals surface area (Å²) >= 11 is 0. The van der Waals surface area contributed by atoms with Crippen LogP contribution in [0.15, 0.2) is 0 Å². The Balaban J connectivity index is 1.88. The Morgan fingerprint density at radius 1 is 1.00 bits per heavy atom. The molecule has 5 heteroatoms. The standard InChI is InChI=1S/C12H19NO4/c14-10(15)9-1-3-12(4-2-9)5-7-13(8-6-12)11(16)17/h9H,1-8H2,(H,14,15)(H,16,17). The maximum Gasteiger partial charge on any atom is 0.407 e. The summed E-state index contributed by atoms with van der Waals surface area (Å²) in [5, 5.41) is 17.8. The van der Waals surface area contributed by atoms with E-state index in [-0.39, 0.29) is 11.3 Å². The van der Waals surface area contributed by atoms with E-state index < -0.39 is 12.1 Å². The van der Waals surface area contributed by atoms with Gasteiger partial charge in [0.1, 0.15) is 0 Å². The zero-order valence-corrected chi connectivity index (χ0v) is 9.89. The van der Waals surface area contributed by atoms with Gasteiger partial charge in [-0.2, -0.15) is 0 Å². The summed E-state index contributed by atoms with van der Waals surface area (Å²) in [5.74, 6) is -0.860. The second-order valence-electron chi connectivity index (χ2n) is 5.38. The van der Waals surface area contributed by atoms with Gasteiger partial charge in [0.15, 0.2) is 0 Å². The molecule has 0 aromatic heterocycles. The number of likely N-dealkylation sites (tertiary alicyclic amines) is 1. The maximum atomic E-state index is 10.9. The Labute approximate surface area is 100 Å². The Kier molecular flexibility index (Phi) is 3.26. The van der Waals surface area contributed by atoms with Crippen LogP contribution in [0.3, 0.4) is 0 Å². The number of piperidine rings is 1. The third kappa shape index (κ3) is 2.53. The summed E-state index contributed by atoms with van der Waals surface area (Å²) in [6, 6.07) is 0. The van der Waals surface area contributed by atoms with E-state index in [1.807, 2.05) is 0 Å². The highest BCUT2D eigenvalue weighted by molar-refractivity contribution is 5.70. The highest BCUT2D eigenvalue weighted by atomic mass is 16.4. The van der Waals surface area contributed by atoms with Gasteiger partial charge in [-0.25, -0.2) is 4.79 Å². The summed E-state index contributed by atoms with van der Waals surface area (Å²) in [5.41, 5.74) is 0.220. The minimum atomic E-state index is -0.834. The molecule has 2 fully saturated rings. The molecule has 5 nitrogen and oxygen atoms in total. The van der Waals surface area contributed by atoms with Gasteiger partial charge in [-0.05, 0) is 43.9 Å². The average Bonchev–Trinajstić information content (AvgIpc) is 2.30. The molecule has 2 aliphatic rings. The SMILES string of the molecule is O=C(O)C1CCC2(CC1)CCN(C(=O)O)CC2. The van der Waals surface area contributed by atoms with Gasteiger partial charge in [0.05, 0.1) is 5.92 Å². The van der Waals surface area contributed by atoms with E-state index in [4.69, 9.17) is 10.2 Å². The first-order valence-corrected chi connectivity index (χ1v) is 6.23. The van der Waals surface area contributed by atoms with E-state index >= 15 is 0 Å². The molecule has 1 amide bonds. The summed E-state index contributed by atoms with van der Waals surface area (Å²) in [4.78, 5) is 23.2. The first kappa shape index (κ1) is 12.2. The Hall–Kier alpha value is -1.26. The molecule has 1 spiro atoms. The van der Waals surface area contributed by atoms with Crippen molar-refractivity contribution in [3.63, 3.8) is 0 Å². The third-order valence-electron chi connectivity index (χ3n) is 4.49. The van der Waals surface area contributed by atoms with Crippen LogP contribution in [0, 0.1) is 11.3 Å². The van der Waals surface area contributed by atoms with Crippen molar-refractivity contribution in [2.75, 3.05) is 13.1 Å². The first-order chi connectivity index (χ1) is 8.02. The van der Waals surface area contributed by atoms with E-state index in [0.717, 1.165) is 38.5 Å². The van der Waals surface area contributed by atoms with Crippen molar-refractivity contribution in [2.24, 2.45) is 11.3 Å². The number of amides is 1. The molecule has 2 N–H and O–H groups in total. The number of hydrogen-bond acceptors (Lipinski definition) is 2. The van der Waals surface area contributed by atoms with Crippen molar-refractivity contribution in [1.29, 1.82) is 0 Å². The fraction of sp³-hybridized carbons (Fsp3) is 0.833. The number of hydrogen-bond donors (Lipinski definition) is 2. The zero-order valence-electron chi connectivity index (χ0n) is 9.89. The predicted octanol–water partition coefficient (Wildman–Crippen LogP) is 2.02. The van der Waals surface area contributed by atoms with Gasteiger partial charge in [0.2, 0.25) is 0 Å². The highest BCUT2D eigenvalue weighted by Crippen LogP contribution is 2.46. The third-order valence-corrected chi connectivity index (χ3v) is 4.49. The van der Waals surface area contributed by atoms with Crippen molar-refractivity contribution in [2.45, 2.75) is 38.5 Å². The topological polar surface area (TPSA) is 77.8 Å². The molecular weight excluding hydrogens is 222 g/mol. The summed E-state index contributed by atoms with van der Waals surface area (Å²) in [6.45, 7) is 1.21. The van der Waals surface area contributed by atoms with Crippen molar-refractivity contribution >= 4 is 12.1 Å². The quantitative estimate of drug-likeness (QED) is 0.736. The largest absolute Gasteiger partial charge is 0.481 e. The molecule has 96 valence electrons. The Bertz CT molecular complexity index is 277. The average molecular weight is 241 g/mol. The molecule has 0 aromatic rings. The van der Waals surface area contributed by atoms with Crippen molar-refractivity contribution in [3.05, 3.63) is 0 Å². The number of carboxylic acid groups (broad SMARTS) is 2. The molecule has 1 heterocycles. The van der Waals surface area contributed by atoms with Gasteiger partial charge < -0.3 is 15.1 Å².